The predicted molar refractivity (Wildman–Crippen MR) is 183 cm³/mol. The van der Waals surface area contributed by atoms with Gasteiger partial charge in [0.1, 0.15) is 0 Å². The Labute approximate surface area is 257 Å². The molecule has 43 heavy (non-hydrogen) atoms. The second-order valence-corrected chi connectivity index (χ2v) is 15.5. The first-order valence-electron chi connectivity index (χ1n) is 15.5. The molecule has 0 radical (unpaired) electrons. The van der Waals surface area contributed by atoms with Gasteiger partial charge in [-0.05, 0) is 45.1 Å². The third kappa shape index (κ3) is 4.95. The number of fused-ring (bicyclic) bond motifs is 2. The lowest BCUT2D eigenvalue weighted by atomic mass is 9.63. The van der Waals surface area contributed by atoms with Crippen molar-refractivity contribution in [2.75, 3.05) is 6.61 Å². The zero-order valence-corrected chi connectivity index (χ0v) is 25.8. The van der Waals surface area contributed by atoms with Crippen LogP contribution in [-0.2, 0) is 4.43 Å². The molecule has 1 nitrogen and oxygen atoms in total. The first-order chi connectivity index (χ1) is 21.2. The van der Waals surface area contributed by atoms with Gasteiger partial charge in [-0.2, -0.15) is 0 Å². The Hall–Kier alpha value is -4.24. The molecular weight excluding hydrogens is 537 g/mol. The first kappa shape index (κ1) is 27.6. The Morgan fingerprint density at radius 1 is 0.651 bits per heavy atom. The van der Waals surface area contributed by atoms with Crippen LogP contribution >= 0.6 is 0 Å². The molecule has 0 saturated heterocycles. The van der Waals surface area contributed by atoms with E-state index in [1.165, 1.54) is 37.8 Å². The molecule has 212 valence electrons. The SMILES string of the molecule is CC(CCCO[Si](c1ccccc1)(c1ccccc1)c1ccccc1)(C1=CC=C2C=CC=CC21)C1C=Cc2ccccc21. The predicted octanol–water partition coefficient (Wildman–Crippen LogP) is 7.88. The molecular formula is C41H38OSi. The van der Waals surface area contributed by atoms with Crippen LogP contribution in [0.1, 0.15) is 36.8 Å². The maximum absolute atomic E-state index is 7.35. The molecule has 3 aliphatic carbocycles. The average molecular weight is 575 g/mol. The van der Waals surface area contributed by atoms with E-state index in [-0.39, 0.29) is 5.41 Å². The Balaban J connectivity index is 1.22. The highest BCUT2D eigenvalue weighted by atomic mass is 28.4. The van der Waals surface area contributed by atoms with Crippen molar-refractivity contribution in [3.05, 3.63) is 180 Å². The van der Waals surface area contributed by atoms with Gasteiger partial charge in [0, 0.05) is 23.9 Å². The molecule has 4 aromatic rings. The molecule has 3 unspecified atom stereocenters. The molecule has 4 aromatic carbocycles. The lowest BCUT2D eigenvalue weighted by Gasteiger charge is -2.41. The number of hydrogen-bond donors (Lipinski definition) is 0. The molecule has 3 aliphatic rings. The van der Waals surface area contributed by atoms with Gasteiger partial charge in [0.05, 0.1) is 0 Å². The van der Waals surface area contributed by atoms with E-state index < -0.39 is 8.32 Å². The Kier molecular flexibility index (Phi) is 7.57. The van der Waals surface area contributed by atoms with Gasteiger partial charge in [-0.15, -0.1) is 0 Å². The Morgan fingerprint density at radius 2 is 1.26 bits per heavy atom. The molecule has 0 N–H and O–H groups in total. The quantitative estimate of drug-likeness (QED) is 0.106. The van der Waals surface area contributed by atoms with Gasteiger partial charge >= 0.3 is 0 Å². The summed E-state index contributed by atoms with van der Waals surface area (Å²) in [4.78, 5) is 0. The highest BCUT2D eigenvalue weighted by Gasteiger charge is 2.44. The third-order valence-electron chi connectivity index (χ3n) is 9.70. The largest absolute Gasteiger partial charge is 0.404 e. The van der Waals surface area contributed by atoms with Crippen LogP contribution in [0.15, 0.2) is 169 Å². The highest BCUT2D eigenvalue weighted by Crippen LogP contribution is 2.55. The fourth-order valence-corrected chi connectivity index (χ4v) is 11.5. The van der Waals surface area contributed by atoms with Crippen molar-refractivity contribution in [1.29, 1.82) is 0 Å². The van der Waals surface area contributed by atoms with Crippen molar-refractivity contribution < 1.29 is 4.43 Å². The topological polar surface area (TPSA) is 9.23 Å². The second kappa shape index (κ2) is 11.8. The number of hydrogen-bond acceptors (Lipinski definition) is 1. The highest BCUT2D eigenvalue weighted by molar-refractivity contribution is 7.07. The van der Waals surface area contributed by atoms with E-state index in [0.717, 1.165) is 12.8 Å². The minimum Gasteiger partial charge on any atom is -0.404 e. The maximum Gasteiger partial charge on any atom is 0.288 e. The summed E-state index contributed by atoms with van der Waals surface area (Å²) in [7, 11) is -2.73. The smallest absolute Gasteiger partial charge is 0.288 e. The molecule has 2 heteroatoms. The van der Waals surface area contributed by atoms with Crippen molar-refractivity contribution in [3.8, 4) is 0 Å². The van der Waals surface area contributed by atoms with Crippen LogP contribution in [0.5, 0.6) is 0 Å². The summed E-state index contributed by atoms with van der Waals surface area (Å²) in [5.41, 5.74) is 5.68. The molecule has 7 rings (SSSR count). The summed E-state index contributed by atoms with van der Waals surface area (Å²) in [6.07, 6.45) is 20.6. The van der Waals surface area contributed by atoms with E-state index in [2.05, 4.69) is 171 Å². The van der Waals surface area contributed by atoms with Crippen molar-refractivity contribution >= 4 is 30.0 Å². The van der Waals surface area contributed by atoms with Crippen molar-refractivity contribution in [2.24, 2.45) is 11.3 Å². The lowest BCUT2D eigenvalue weighted by Crippen LogP contribution is -2.69. The summed E-state index contributed by atoms with van der Waals surface area (Å²) >= 11 is 0. The standard InChI is InChI=1S/C41H38OSi/c1-41(39-28-26-32-16-11-13-24-37(32)39,40-29-27-33-17-12-14-25-38(33)40)30-15-31-42-43(34-18-5-2-6-19-34,35-20-7-3-8-21-35)36-22-9-4-10-23-36/h2-14,16-29,37,40H,15,30-31H2,1H3. The molecule has 3 atom stereocenters. The second-order valence-electron chi connectivity index (χ2n) is 12.1. The molecule has 0 spiro atoms. The maximum atomic E-state index is 7.35. The minimum absolute atomic E-state index is 0.0403. The van der Waals surface area contributed by atoms with Gasteiger partial charge < -0.3 is 4.43 Å². The van der Waals surface area contributed by atoms with E-state index in [1.807, 2.05) is 0 Å². The summed E-state index contributed by atoms with van der Waals surface area (Å²) in [6.45, 7) is 3.20. The zero-order valence-electron chi connectivity index (χ0n) is 24.8. The summed E-state index contributed by atoms with van der Waals surface area (Å²) in [6, 6.07) is 41.7. The van der Waals surface area contributed by atoms with E-state index in [1.54, 1.807) is 0 Å². The number of benzene rings is 4. The molecule has 0 saturated carbocycles. The van der Waals surface area contributed by atoms with Gasteiger partial charge in [0.25, 0.3) is 8.32 Å². The third-order valence-corrected chi connectivity index (χ3v) is 13.8. The monoisotopic (exact) mass is 574 g/mol. The van der Waals surface area contributed by atoms with E-state index in [9.17, 15) is 0 Å². The van der Waals surface area contributed by atoms with Gasteiger partial charge in [-0.25, -0.2) is 0 Å². The van der Waals surface area contributed by atoms with Gasteiger partial charge in [-0.3, -0.25) is 0 Å². The van der Waals surface area contributed by atoms with Crippen molar-refractivity contribution in [1.82, 2.24) is 0 Å². The van der Waals surface area contributed by atoms with Crippen LogP contribution in [0.25, 0.3) is 6.08 Å². The van der Waals surface area contributed by atoms with Gasteiger partial charge in [0.2, 0.25) is 0 Å². The van der Waals surface area contributed by atoms with Crippen LogP contribution in [-0.4, -0.2) is 14.9 Å². The minimum atomic E-state index is -2.73. The van der Waals surface area contributed by atoms with Crippen LogP contribution in [0.3, 0.4) is 0 Å². The van der Waals surface area contributed by atoms with Gasteiger partial charge in [-0.1, -0.05) is 176 Å². The Bertz CT molecular complexity index is 1630. The number of allylic oxidation sites excluding steroid dienone is 9. The van der Waals surface area contributed by atoms with E-state index in [4.69, 9.17) is 4.43 Å². The molecule has 0 heterocycles. The van der Waals surface area contributed by atoms with Crippen LogP contribution in [0.2, 0.25) is 0 Å². The fourth-order valence-electron chi connectivity index (χ4n) is 7.55. The molecule has 0 fully saturated rings. The van der Waals surface area contributed by atoms with Crippen molar-refractivity contribution in [2.45, 2.75) is 25.7 Å². The summed E-state index contributed by atoms with van der Waals surface area (Å²) in [5.74, 6) is 0.685. The molecule has 0 bridgehead atoms. The molecule has 0 aromatic heterocycles. The van der Waals surface area contributed by atoms with Crippen LogP contribution in [0.4, 0.5) is 0 Å². The molecule has 0 aliphatic heterocycles. The average Bonchev–Trinajstić information content (AvgIpc) is 3.72. The first-order valence-corrected chi connectivity index (χ1v) is 17.5. The summed E-state index contributed by atoms with van der Waals surface area (Å²) < 4.78 is 7.35. The van der Waals surface area contributed by atoms with Crippen LogP contribution in [0, 0.1) is 11.3 Å². The van der Waals surface area contributed by atoms with Crippen molar-refractivity contribution in [3.63, 3.8) is 0 Å². The van der Waals surface area contributed by atoms with Gasteiger partial charge in [0.15, 0.2) is 0 Å². The normalized spacial score (nSPS) is 19.8. The van der Waals surface area contributed by atoms with Crippen LogP contribution < -0.4 is 15.6 Å². The number of rotatable bonds is 10. The summed E-state index contributed by atoms with van der Waals surface area (Å²) in [5, 5.41) is 3.86. The van der Waals surface area contributed by atoms with E-state index >= 15 is 0 Å². The zero-order chi connectivity index (χ0) is 29.1. The lowest BCUT2D eigenvalue weighted by molar-refractivity contribution is 0.250. The van der Waals surface area contributed by atoms with E-state index in [0.29, 0.717) is 18.4 Å². The fraction of sp³-hybridized carbons (Fsp3) is 0.171. The Morgan fingerprint density at radius 3 is 1.91 bits per heavy atom. The molecule has 0 amide bonds.